The molecule has 2 heterocycles. The molecule has 17 heavy (non-hydrogen) atoms. The van der Waals surface area contributed by atoms with E-state index in [1.807, 2.05) is 25.9 Å². The zero-order valence-corrected chi connectivity index (χ0v) is 10.9. The van der Waals surface area contributed by atoms with Crippen LogP contribution in [0.1, 0.15) is 17.6 Å². The lowest BCUT2D eigenvalue weighted by Gasteiger charge is -2.12. The monoisotopic (exact) mass is 253 g/mol. The Kier molecular flexibility index (Phi) is 3.51. The minimum Gasteiger partial charge on any atom is -0.333 e. The van der Waals surface area contributed by atoms with Gasteiger partial charge in [0.15, 0.2) is 5.82 Å². The number of likely N-dealkylation sites (N-methyl/N-ethyl adjacent to an activating group) is 1. The maximum Gasteiger partial charge on any atom is 0.269 e. The van der Waals surface area contributed by atoms with Crippen LogP contribution >= 0.6 is 11.3 Å². The summed E-state index contributed by atoms with van der Waals surface area (Å²) in [4.78, 5) is 11.3. The Hall–Kier alpha value is -1.31. The van der Waals surface area contributed by atoms with E-state index in [1.165, 1.54) is 11.3 Å². The van der Waals surface area contributed by atoms with Gasteiger partial charge >= 0.3 is 0 Å². The maximum absolute atomic E-state index is 5.96. The molecule has 6 nitrogen and oxygen atoms in total. The van der Waals surface area contributed by atoms with Gasteiger partial charge in [-0.25, -0.2) is 4.98 Å². The minimum atomic E-state index is -0.240. The molecule has 1 unspecified atom stereocenters. The predicted molar refractivity (Wildman–Crippen MR) is 65.6 cm³/mol. The molecule has 0 aromatic carbocycles. The molecular formula is C10H15N5OS. The van der Waals surface area contributed by atoms with Gasteiger partial charge in [-0.05, 0) is 21.0 Å². The van der Waals surface area contributed by atoms with Crippen molar-refractivity contribution in [2.24, 2.45) is 5.73 Å². The van der Waals surface area contributed by atoms with Crippen LogP contribution in [0.15, 0.2) is 10.0 Å². The molecule has 2 rings (SSSR count). The van der Waals surface area contributed by atoms with Gasteiger partial charge in [0.25, 0.3) is 5.89 Å². The Labute approximate surface area is 103 Å². The highest BCUT2D eigenvalue weighted by Crippen LogP contribution is 2.25. The predicted octanol–water partition coefficient (Wildman–Crippen LogP) is 1.06. The molecule has 0 saturated carbocycles. The van der Waals surface area contributed by atoms with Crippen LogP contribution in [0.25, 0.3) is 10.8 Å². The summed E-state index contributed by atoms with van der Waals surface area (Å²) in [6, 6.07) is -0.240. The van der Waals surface area contributed by atoms with E-state index in [1.54, 1.807) is 5.51 Å². The molecular weight excluding hydrogens is 238 g/mol. The number of hydrogen-bond donors (Lipinski definition) is 1. The summed E-state index contributed by atoms with van der Waals surface area (Å²) in [5.74, 6) is 1.02. The second-order valence-electron chi connectivity index (χ2n) is 4.09. The molecule has 92 valence electrons. The summed E-state index contributed by atoms with van der Waals surface area (Å²) in [6.45, 7) is 2.59. The van der Waals surface area contributed by atoms with Crippen molar-refractivity contribution in [1.29, 1.82) is 0 Å². The minimum absolute atomic E-state index is 0.240. The normalized spacial score (nSPS) is 13.2. The molecule has 7 heteroatoms. The van der Waals surface area contributed by atoms with Gasteiger partial charge in [0, 0.05) is 6.54 Å². The fourth-order valence-electron chi connectivity index (χ4n) is 1.46. The van der Waals surface area contributed by atoms with E-state index >= 15 is 0 Å². The van der Waals surface area contributed by atoms with Gasteiger partial charge in [0.05, 0.1) is 17.2 Å². The SMILES string of the molecule is Cc1ncsc1-c1nc(C(N)CN(C)C)no1. The van der Waals surface area contributed by atoms with E-state index in [0.717, 1.165) is 10.6 Å². The highest BCUT2D eigenvalue weighted by Gasteiger charge is 2.18. The highest BCUT2D eigenvalue weighted by molar-refractivity contribution is 7.13. The third-order valence-corrected chi connectivity index (χ3v) is 3.19. The second-order valence-corrected chi connectivity index (χ2v) is 4.95. The average Bonchev–Trinajstić information content (AvgIpc) is 2.84. The van der Waals surface area contributed by atoms with E-state index in [0.29, 0.717) is 18.3 Å². The first kappa shape index (κ1) is 12.2. The van der Waals surface area contributed by atoms with Gasteiger partial charge in [-0.3, -0.25) is 0 Å². The smallest absolute Gasteiger partial charge is 0.269 e. The van der Waals surface area contributed by atoms with Crippen LogP contribution in [0.3, 0.4) is 0 Å². The molecule has 0 aliphatic rings. The van der Waals surface area contributed by atoms with Crippen LogP contribution in [-0.4, -0.2) is 40.7 Å². The van der Waals surface area contributed by atoms with Gasteiger partial charge in [0.1, 0.15) is 4.88 Å². The van der Waals surface area contributed by atoms with E-state index in [4.69, 9.17) is 10.3 Å². The fourth-order valence-corrected chi connectivity index (χ4v) is 2.18. The van der Waals surface area contributed by atoms with E-state index in [2.05, 4.69) is 15.1 Å². The van der Waals surface area contributed by atoms with Crippen molar-refractivity contribution < 1.29 is 4.52 Å². The largest absolute Gasteiger partial charge is 0.333 e. The zero-order chi connectivity index (χ0) is 12.4. The van der Waals surface area contributed by atoms with Crippen LogP contribution in [0.5, 0.6) is 0 Å². The van der Waals surface area contributed by atoms with Crippen LogP contribution in [0, 0.1) is 6.92 Å². The summed E-state index contributed by atoms with van der Waals surface area (Å²) >= 11 is 1.48. The van der Waals surface area contributed by atoms with Gasteiger partial charge in [-0.2, -0.15) is 4.98 Å². The van der Waals surface area contributed by atoms with Crippen molar-refractivity contribution in [3.63, 3.8) is 0 Å². The fraction of sp³-hybridized carbons (Fsp3) is 0.500. The molecule has 0 saturated heterocycles. The van der Waals surface area contributed by atoms with Gasteiger partial charge in [-0.1, -0.05) is 5.16 Å². The number of nitrogens with zero attached hydrogens (tertiary/aromatic N) is 4. The first-order valence-electron chi connectivity index (χ1n) is 5.22. The molecule has 0 spiro atoms. The van der Waals surface area contributed by atoms with Crippen molar-refractivity contribution in [1.82, 2.24) is 20.0 Å². The highest BCUT2D eigenvalue weighted by atomic mass is 32.1. The molecule has 2 N–H and O–H groups in total. The second kappa shape index (κ2) is 4.91. The van der Waals surface area contributed by atoms with E-state index < -0.39 is 0 Å². The number of aryl methyl sites for hydroxylation is 1. The Morgan fingerprint density at radius 1 is 1.53 bits per heavy atom. The number of aromatic nitrogens is 3. The van der Waals surface area contributed by atoms with Crippen molar-refractivity contribution >= 4 is 11.3 Å². The van der Waals surface area contributed by atoms with Crippen molar-refractivity contribution in [3.05, 3.63) is 17.0 Å². The summed E-state index contributed by atoms with van der Waals surface area (Å²) < 4.78 is 5.20. The Morgan fingerprint density at radius 2 is 2.29 bits per heavy atom. The van der Waals surface area contributed by atoms with Crippen LogP contribution in [-0.2, 0) is 0 Å². The third-order valence-electron chi connectivity index (χ3n) is 2.27. The molecule has 0 amide bonds. The quantitative estimate of drug-likeness (QED) is 0.877. The molecule has 0 radical (unpaired) electrons. The molecule has 2 aromatic heterocycles. The van der Waals surface area contributed by atoms with E-state index in [9.17, 15) is 0 Å². The third kappa shape index (κ3) is 2.68. The summed E-state index contributed by atoms with van der Waals surface area (Å²) in [6.07, 6.45) is 0. The van der Waals surface area contributed by atoms with Crippen molar-refractivity contribution in [3.8, 4) is 10.8 Å². The van der Waals surface area contributed by atoms with Crippen molar-refractivity contribution in [2.75, 3.05) is 20.6 Å². The van der Waals surface area contributed by atoms with Crippen LogP contribution in [0.4, 0.5) is 0 Å². The molecule has 0 bridgehead atoms. The standard InChI is InChI=1S/C10H15N5OS/c1-6-8(17-5-12-6)10-13-9(14-16-10)7(11)4-15(2)3/h5,7H,4,11H2,1-3H3. The van der Waals surface area contributed by atoms with Crippen LogP contribution in [0.2, 0.25) is 0 Å². The average molecular weight is 253 g/mol. The molecule has 2 aromatic rings. The number of hydrogen-bond acceptors (Lipinski definition) is 7. The zero-order valence-electron chi connectivity index (χ0n) is 10.0. The van der Waals surface area contributed by atoms with E-state index in [-0.39, 0.29) is 6.04 Å². The Morgan fingerprint density at radius 3 is 2.88 bits per heavy atom. The lowest BCUT2D eigenvalue weighted by atomic mass is 10.3. The molecule has 0 aliphatic carbocycles. The Balaban J connectivity index is 2.19. The lowest BCUT2D eigenvalue weighted by molar-refractivity contribution is 0.357. The summed E-state index contributed by atoms with van der Waals surface area (Å²) in [5.41, 5.74) is 8.61. The first-order valence-corrected chi connectivity index (χ1v) is 6.10. The summed E-state index contributed by atoms with van der Waals surface area (Å²) in [7, 11) is 3.91. The number of nitrogens with two attached hydrogens (primary N) is 1. The van der Waals surface area contributed by atoms with Crippen molar-refractivity contribution in [2.45, 2.75) is 13.0 Å². The van der Waals surface area contributed by atoms with Crippen LogP contribution < -0.4 is 5.73 Å². The van der Waals surface area contributed by atoms with Gasteiger partial charge in [-0.15, -0.1) is 11.3 Å². The first-order chi connectivity index (χ1) is 8.08. The topological polar surface area (TPSA) is 81.1 Å². The molecule has 0 aliphatic heterocycles. The van der Waals surface area contributed by atoms with Gasteiger partial charge in [0.2, 0.25) is 0 Å². The summed E-state index contributed by atoms with van der Waals surface area (Å²) in [5, 5.41) is 3.91. The molecule has 1 atom stereocenters. The lowest BCUT2D eigenvalue weighted by Crippen LogP contribution is -2.26. The Bertz CT molecular complexity index is 492. The van der Waals surface area contributed by atoms with Gasteiger partial charge < -0.3 is 15.2 Å². The number of rotatable bonds is 4. The maximum atomic E-state index is 5.96. The number of thiazole rings is 1. The molecule has 0 fully saturated rings.